The number of benzene rings is 2. The van der Waals surface area contributed by atoms with Crippen molar-refractivity contribution in [3.8, 4) is 0 Å². The molecule has 0 spiro atoms. The summed E-state index contributed by atoms with van der Waals surface area (Å²) in [6.45, 7) is 3.11. The van der Waals surface area contributed by atoms with E-state index >= 15 is 0 Å². The molecule has 0 aliphatic heterocycles. The van der Waals surface area contributed by atoms with Crippen LogP contribution in [0.15, 0.2) is 48.5 Å². The van der Waals surface area contributed by atoms with Gasteiger partial charge in [0.05, 0.1) is 0 Å². The van der Waals surface area contributed by atoms with Crippen LogP contribution in [0.3, 0.4) is 0 Å². The van der Waals surface area contributed by atoms with Gasteiger partial charge in [0.2, 0.25) is 0 Å². The monoisotopic (exact) mass is 283 g/mol. The largest absolute Gasteiger partial charge is 0.310 e. The van der Waals surface area contributed by atoms with E-state index in [0.29, 0.717) is 12.0 Å². The highest BCUT2D eigenvalue weighted by atomic mass is 19.1. The molecule has 1 N–H and O–H groups in total. The predicted molar refractivity (Wildman–Crippen MR) is 84.8 cm³/mol. The van der Waals surface area contributed by atoms with Crippen molar-refractivity contribution >= 4 is 0 Å². The normalized spacial score (nSPS) is 21.0. The number of aryl methyl sites for hydroxylation is 1. The van der Waals surface area contributed by atoms with Crippen molar-refractivity contribution in [2.45, 2.75) is 32.2 Å². The molecule has 110 valence electrons. The van der Waals surface area contributed by atoms with E-state index < -0.39 is 0 Å². The van der Waals surface area contributed by atoms with Crippen LogP contribution < -0.4 is 5.32 Å². The highest BCUT2D eigenvalue weighted by Crippen LogP contribution is 2.36. The zero-order valence-corrected chi connectivity index (χ0v) is 12.5. The van der Waals surface area contributed by atoms with Gasteiger partial charge in [0, 0.05) is 6.04 Å². The first kappa shape index (κ1) is 14.3. The minimum absolute atomic E-state index is 0.135. The number of halogens is 1. The summed E-state index contributed by atoms with van der Waals surface area (Å²) in [5, 5.41) is 3.63. The molecule has 0 saturated carbocycles. The summed E-state index contributed by atoms with van der Waals surface area (Å²) in [4.78, 5) is 0. The zero-order valence-electron chi connectivity index (χ0n) is 12.5. The average Bonchev–Trinajstić information content (AvgIpc) is 2.50. The Balaban J connectivity index is 1.85. The Morgan fingerprint density at radius 2 is 2.00 bits per heavy atom. The third kappa shape index (κ3) is 3.16. The highest BCUT2D eigenvalue weighted by Gasteiger charge is 2.28. The Morgan fingerprint density at radius 3 is 2.81 bits per heavy atom. The molecule has 2 heteroatoms. The molecule has 0 bridgehead atoms. The molecule has 1 aliphatic rings. The Morgan fingerprint density at radius 1 is 1.14 bits per heavy atom. The highest BCUT2D eigenvalue weighted by molar-refractivity contribution is 5.33. The fraction of sp³-hybridized carbons (Fsp3) is 0.368. The molecule has 0 fully saturated rings. The quantitative estimate of drug-likeness (QED) is 0.883. The zero-order chi connectivity index (χ0) is 14.7. The van der Waals surface area contributed by atoms with Crippen LogP contribution >= 0.6 is 0 Å². The number of hydrogen-bond donors (Lipinski definition) is 1. The van der Waals surface area contributed by atoms with Gasteiger partial charge in [-0.3, -0.25) is 0 Å². The van der Waals surface area contributed by atoms with E-state index in [4.69, 9.17) is 0 Å². The van der Waals surface area contributed by atoms with Crippen LogP contribution in [0, 0.1) is 11.7 Å². The molecule has 0 radical (unpaired) electrons. The van der Waals surface area contributed by atoms with E-state index in [1.807, 2.05) is 12.1 Å². The molecule has 1 aliphatic carbocycles. The van der Waals surface area contributed by atoms with E-state index in [2.05, 4.69) is 36.5 Å². The molecular formula is C19H22FN. The van der Waals surface area contributed by atoms with Crippen LogP contribution in [-0.4, -0.2) is 6.54 Å². The predicted octanol–water partition coefficient (Wildman–Crippen LogP) is 4.28. The summed E-state index contributed by atoms with van der Waals surface area (Å²) in [6.07, 6.45) is 3.22. The van der Waals surface area contributed by atoms with E-state index in [9.17, 15) is 4.39 Å². The Hall–Kier alpha value is -1.67. The molecule has 0 saturated heterocycles. The van der Waals surface area contributed by atoms with Crippen LogP contribution in [0.25, 0.3) is 0 Å². The lowest BCUT2D eigenvalue weighted by atomic mass is 9.77. The van der Waals surface area contributed by atoms with Crippen LogP contribution in [-0.2, 0) is 12.8 Å². The van der Waals surface area contributed by atoms with Crippen LogP contribution in [0.5, 0.6) is 0 Å². The van der Waals surface area contributed by atoms with Crippen molar-refractivity contribution < 1.29 is 4.39 Å². The van der Waals surface area contributed by atoms with Gasteiger partial charge in [0.15, 0.2) is 0 Å². The summed E-state index contributed by atoms with van der Waals surface area (Å²) in [6, 6.07) is 16.1. The van der Waals surface area contributed by atoms with Gasteiger partial charge in [-0.05, 0) is 60.5 Å². The lowest BCUT2D eigenvalue weighted by Crippen LogP contribution is -2.33. The SMILES string of the molecule is CCNC1c2ccccc2CCC1Cc1cccc(F)c1. The van der Waals surface area contributed by atoms with E-state index in [1.54, 1.807) is 6.07 Å². The molecular weight excluding hydrogens is 261 g/mol. The Kier molecular flexibility index (Phi) is 4.35. The second-order valence-electron chi connectivity index (χ2n) is 5.87. The van der Waals surface area contributed by atoms with Crippen molar-refractivity contribution in [2.24, 2.45) is 5.92 Å². The molecule has 0 heterocycles. The Labute approximate surface area is 126 Å². The van der Waals surface area contributed by atoms with E-state index in [1.165, 1.54) is 17.2 Å². The van der Waals surface area contributed by atoms with Gasteiger partial charge in [0.1, 0.15) is 5.82 Å². The van der Waals surface area contributed by atoms with Gasteiger partial charge in [-0.1, -0.05) is 43.3 Å². The molecule has 2 aromatic carbocycles. The second kappa shape index (κ2) is 6.40. The minimum Gasteiger partial charge on any atom is -0.310 e. The smallest absolute Gasteiger partial charge is 0.123 e. The van der Waals surface area contributed by atoms with E-state index in [-0.39, 0.29) is 5.82 Å². The molecule has 2 aromatic rings. The number of hydrogen-bond acceptors (Lipinski definition) is 1. The third-order valence-corrected chi connectivity index (χ3v) is 4.46. The topological polar surface area (TPSA) is 12.0 Å². The summed E-state index contributed by atoms with van der Waals surface area (Å²) in [5.74, 6) is 0.394. The maximum absolute atomic E-state index is 13.4. The first-order chi connectivity index (χ1) is 10.3. The van der Waals surface area contributed by atoms with Gasteiger partial charge in [-0.15, -0.1) is 0 Å². The Bertz CT molecular complexity index is 608. The van der Waals surface area contributed by atoms with Crippen LogP contribution in [0.1, 0.15) is 36.1 Å². The second-order valence-corrected chi connectivity index (χ2v) is 5.87. The molecule has 21 heavy (non-hydrogen) atoms. The lowest BCUT2D eigenvalue weighted by Gasteiger charge is -2.34. The van der Waals surface area contributed by atoms with Crippen molar-refractivity contribution in [3.63, 3.8) is 0 Å². The van der Waals surface area contributed by atoms with Crippen molar-refractivity contribution in [3.05, 3.63) is 71.0 Å². The molecule has 3 rings (SSSR count). The summed E-state index contributed by atoms with van der Waals surface area (Å²) in [5.41, 5.74) is 3.98. The summed E-state index contributed by atoms with van der Waals surface area (Å²) >= 11 is 0. The number of rotatable bonds is 4. The van der Waals surface area contributed by atoms with Crippen LogP contribution in [0.4, 0.5) is 4.39 Å². The van der Waals surface area contributed by atoms with Gasteiger partial charge in [-0.25, -0.2) is 4.39 Å². The van der Waals surface area contributed by atoms with Crippen molar-refractivity contribution in [1.29, 1.82) is 0 Å². The van der Waals surface area contributed by atoms with Crippen molar-refractivity contribution in [2.75, 3.05) is 6.54 Å². The fourth-order valence-electron chi connectivity index (χ4n) is 3.51. The summed E-state index contributed by atoms with van der Waals surface area (Å²) < 4.78 is 13.4. The number of nitrogens with one attached hydrogen (secondary N) is 1. The standard InChI is InChI=1S/C19H22FN/c1-2-21-19-16(12-14-6-5-8-17(20)13-14)11-10-15-7-3-4-9-18(15)19/h3-9,13,16,19,21H,2,10-12H2,1H3. The van der Waals surface area contributed by atoms with Gasteiger partial charge >= 0.3 is 0 Å². The average molecular weight is 283 g/mol. The van der Waals surface area contributed by atoms with Gasteiger partial charge < -0.3 is 5.32 Å². The van der Waals surface area contributed by atoms with Gasteiger partial charge in [0.25, 0.3) is 0 Å². The molecule has 0 amide bonds. The lowest BCUT2D eigenvalue weighted by molar-refractivity contribution is 0.323. The molecule has 1 nitrogen and oxygen atoms in total. The maximum atomic E-state index is 13.4. The minimum atomic E-state index is -0.135. The van der Waals surface area contributed by atoms with Crippen molar-refractivity contribution in [1.82, 2.24) is 5.32 Å². The van der Waals surface area contributed by atoms with Crippen LogP contribution in [0.2, 0.25) is 0 Å². The third-order valence-electron chi connectivity index (χ3n) is 4.46. The van der Waals surface area contributed by atoms with Gasteiger partial charge in [-0.2, -0.15) is 0 Å². The first-order valence-electron chi connectivity index (χ1n) is 7.83. The molecule has 2 unspecified atom stereocenters. The first-order valence-corrected chi connectivity index (χ1v) is 7.83. The molecule has 2 atom stereocenters. The number of fused-ring (bicyclic) bond motifs is 1. The molecule has 0 aromatic heterocycles. The summed E-state index contributed by atoms with van der Waals surface area (Å²) in [7, 11) is 0. The maximum Gasteiger partial charge on any atom is 0.123 e. The van der Waals surface area contributed by atoms with E-state index in [0.717, 1.165) is 31.4 Å². The fourth-order valence-corrected chi connectivity index (χ4v) is 3.51.